The van der Waals surface area contributed by atoms with Crippen LogP contribution in [0.5, 0.6) is 5.75 Å². The number of aromatic amines is 1. The normalized spacial score (nSPS) is 13.3. The Bertz CT molecular complexity index is 1110. The summed E-state index contributed by atoms with van der Waals surface area (Å²) in [4.78, 5) is 41.9. The lowest BCUT2D eigenvalue weighted by atomic mass is 10.1. The van der Waals surface area contributed by atoms with Crippen LogP contribution in [0.4, 0.5) is 4.79 Å². The Hall–Kier alpha value is -4.21. The second kappa shape index (κ2) is 8.66. The van der Waals surface area contributed by atoms with Gasteiger partial charge in [0.2, 0.25) is 5.91 Å². The second-order valence-electron chi connectivity index (χ2n) is 6.81. The third-order valence-electron chi connectivity index (χ3n) is 4.82. The molecule has 3 N–H and O–H groups in total. The molecule has 2 heterocycles. The zero-order chi connectivity index (χ0) is 21.8. The van der Waals surface area contributed by atoms with Gasteiger partial charge in [0.25, 0.3) is 5.91 Å². The van der Waals surface area contributed by atoms with Crippen molar-refractivity contribution in [1.82, 2.24) is 30.7 Å². The van der Waals surface area contributed by atoms with E-state index in [4.69, 9.17) is 4.74 Å². The molecule has 2 aromatic carbocycles. The molecule has 1 aliphatic rings. The summed E-state index contributed by atoms with van der Waals surface area (Å²) in [6.45, 7) is 0.132. The van der Waals surface area contributed by atoms with Crippen molar-refractivity contribution in [1.29, 1.82) is 0 Å². The van der Waals surface area contributed by atoms with E-state index in [1.165, 1.54) is 0 Å². The highest BCUT2D eigenvalue weighted by Gasteiger charge is 2.29. The minimum atomic E-state index is -0.465. The molecule has 10 heteroatoms. The number of benzene rings is 2. The molecule has 1 saturated heterocycles. The minimum absolute atomic E-state index is 0.0260. The van der Waals surface area contributed by atoms with Crippen LogP contribution in [-0.2, 0) is 17.9 Å². The zero-order valence-corrected chi connectivity index (χ0v) is 16.7. The van der Waals surface area contributed by atoms with Gasteiger partial charge in [0.05, 0.1) is 26.7 Å². The molecule has 31 heavy (non-hydrogen) atoms. The van der Waals surface area contributed by atoms with Crippen molar-refractivity contribution in [3.05, 3.63) is 65.5 Å². The van der Waals surface area contributed by atoms with Gasteiger partial charge in [0, 0.05) is 11.1 Å². The molecule has 10 nitrogen and oxygen atoms in total. The molecule has 1 aromatic heterocycles. The highest BCUT2D eigenvalue weighted by atomic mass is 16.5. The number of hydrogen-bond acceptors (Lipinski definition) is 6. The van der Waals surface area contributed by atoms with Gasteiger partial charge < -0.3 is 15.4 Å². The highest BCUT2D eigenvalue weighted by molar-refractivity contribution is 6.02. The SMILES string of the molecule is COc1ccc(-c2n[nH]c(CNC(=O)c3ccccc3CN3C(=O)CNC3=O)n2)cc1. The van der Waals surface area contributed by atoms with Gasteiger partial charge in [0.1, 0.15) is 11.6 Å². The van der Waals surface area contributed by atoms with E-state index in [0.717, 1.165) is 16.2 Å². The Morgan fingerprint density at radius 3 is 2.65 bits per heavy atom. The standard InChI is InChI=1S/C21H20N6O4/c1-31-15-8-6-13(7-9-15)19-24-17(25-26-19)10-22-20(29)16-5-3-2-4-14(16)12-27-18(28)11-23-21(27)30/h2-9H,10-12H2,1H3,(H,22,29)(H,23,30)(H,24,25,26). The first kappa shape index (κ1) is 20.1. The maximum atomic E-state index is 12.7. The summed E-state index contributed by atoms with van der Waals surface area (Å²) in [5.41, 5.74) is 1.76. The molecule has 4 rings (SSSR count). The number of carbonyl (C=O) groups excluding carboxylic acids is 3. The molecule has 0 spiro atoms. The van der Waals surface area contributed by atoms with Crippen molar-refractivity contribution in [3.8, 4) is 17.1 Å². The second-order valence-corrected chi connectivity index (χ2v) is 6.81. The lowest BCUT2D eigenvalue weighted by molar-refractivity contribution is -0.125. The fraction of sp³-hybridized carbons (Fsp3) is 0.190. The topological polar surface area (TPSA) is 129 Å². The third kappa shape index (κ3) is 4.37. The third-order valence-corrected chi connectivity index (χ3v) is 4.82. The van der Waals surface area contributed by atoms with Crippen LogP contribution in [0.2, 0.25) is 0 Å². The van der Waals surface area contributed by atoms with Gasteiger partial charge >= 0.3 is 6.03 Å². The molecule has 1 fully saturated rings. The van der Waals surface area contributed by atoms with Gasteiger partial charge in [-0.1, -0.05) is 18.2 Å². The van der Waals surface area contributed by atoms with Crippen molar-refractivity contribution in [2.75, 3.05) is 13.7 Å². The van der Waals surface area contributed by atoms with E-state index in [2.05, 4.69) is 25.8 Å². The molecular formula is C21H20N6O4. The molecule has 0 unspecified atom stereocenters. The number of amides is 4. The number of H-pyrrole nitrogens is 1. The largest absolute Gasteiger partial charge is 0.497 e. The molecule has 0 radical (unpaired) electrons. The van der Waals surface area contributed by atoms with E-state index >= 15 is 0 Å². The van der Waals surface area contributed by atoms with Crippen LogP contribution >= 0.6 is 0 Å². The Morgan fingerprint density at radius 2 is 1.94 bits per heavy atom. The summed E-state index contributed by atoms with van der Waals surface area (Å²) in [5, 5.41) is 12.2. The molecule has 0 aliphatic carbocycles. The zero-order valence-electron chi connectivity index (χ0n) is 16.7. The predicted molar refractivity (Wildman–Crippen MR) is 110 cm³/mol. The van der Waals surface area contributed by atoms with Gasteiger partial charge in [-0.3, -0.25) is 19.6 Å². The van der Waals surface area contributed by atoms with Gasteiger partial charge in [-0.15, -0.1) is 0 Å². The Balaban J connectivity index is 1.42. The number of urea groups is 1. The summed E-state index contributed by atoms with van der Waals surface area (Å²) < 4.78 is 5.14. The first-order valence-electron chi connectivity index (χ1n) is 9.55. The Labute approximate surface area is 177 Å². The Kier molecular flexibility index (Phi) is 5.61. The highest BCUT2D eigenvalue weighted by Crippen LogP contribution is 2.19. The Morgan fingerprint density at radius 1 is 1.16 bits per heavy atom. The molecule has 3 aromatic rings. The van der Waals surface area contributed by atoms with E-state index in [-0.39, 0.29) is 31.4 Å². The fourth-order valence-corrected chi connectivity index (χ4v) is 3.17. The maximum absolute atomic E-state index is 12.7. The van der Waals surface area contributed by atoms with E-state index in [9.17, 15) is 14.4 Å². The van der Waals surface area contributed by atoms with Gasteiger partial charge in [-0.25, -0.2) is 9.78 Å². The predicted octanol–water partition coefficient (Wildman–Crippen LogP) is 1.46. The summed E-state index contributed by atoms with van der Waals surface area (Å²) in [5.74, 6) is 1.06. The number of ether oxygens (including phenoxy) is 1. The number of nitrogens with one attached hydrogen (secondary N) is 3. The van der Waals surface area contributed by atoms with Crippen molar-refractivity contribution < 1.29 is 19.1 Å². The van der Waals surface area contributed by atoms with Gasteiger partial charge in [-0.05, 0) is 35.9 Å². The van der Waals surface area contributed by atoms with E-state index < -0.39 is 6.03 Å². The summed E-state index contributed by atoms with van der Waals surface area (Å²) in [6, 6.07) is 13.7. The number of aromatic nitrogens is 3. The number of rotatable bonds is 7. The lowest BCUT2D eigenvalue weighted by Crippen LogP contribution is -2.32. The number of nitrogens with zero attached hydrogens (tertiary/aromatic N) is 3. The van der Waals surface area contributed by atoms with Crippen LogP contribution in [0.15, 0.2) is 48.5 Å². The average Bonchev–Trinajstić information content (AvgIpc) is 3.40. The van der Waals surface area contributed by atoms with Crippen molar-refractivity contribution in [2.45, 2.75) is 13.1 Å². The van der Waals surface area contributed by atoms with Crippen LogP contribution in [0.1, 0.15) is 21.7 Å². The molecule has 0 saturated carbocycles. The lowest BCUT2D eigenvalue weighted by Gasteiger charge is -2.15. The van der Waals surface area contributed by atoms with E-state index in [1.807, 2.05) is 24.3 Å². The summed E-state index contributed by atoms with van der Waals surface area (Å²) in [6.07, 6.45) is 0. The first-order chi connectivity index (χ1) is 15.0. The number of imide groups is 1. The molecule has 1 aliphatic heterocycles. The monoisotopic (exact) mass is 420 g/mol. The quantitative estimate of drug-likeness (QED) is 0.496. The number of carbonyl (C=O) groups is 3. The molecule has 0 atom stereocenters. The van der Waals surface area contributed by atoms with Gasteiger partial charge in [0.15, 0.2) is 5.82 Å². The average molecular weight is 420 g/mol. The molecular weight excluding hydrogens is 400 g/mol. The van der Waals surface area contributed by atoms with Crippen LogP contribution in [0, 0.1) is 0 Å². The van der Waals surface area contributed by atoms with Gasteiger partial charge in [-0.2, -0.15) is 5.10 Å². The first-order valence-corrected chi connectivity index (χ1v) is 9.55. The summed E-state index contributed by atoms with van der Waals surface area (Å²) in [7, 11) is 1.60. The molecule has 0 bridgehead atoms. The van der Waals surface area contributed by atoms with Crippen LogP contribution in [0.25, 0.3) is 11.4 Å². The molecule has 4 amide bonds. The fourth-order valence-electron chi connectivity index (χ4n) is 3.17. The van der Waals surface area contributed by atoms with Crippen LogP contribution < -0.4 is 15.4 Å². The molecule has 158 valence electrons. The van der Waals surface area contributed by atoms with Crippen molar-refractivity contribution in [3.63, 3.8) is 0 Å². The number of hydrogen-bond donors (Lipinski definition) is 3. The van der Waals surface area contributed by atoms with Crippen LogP contribution in [-0.4, -0.2) is 51.6 Å². The van der Waals surface area contributed by atoms with Crippen molar-refractivity contribution in [2.24, 2.45) is 0 Å². The minimum Gasteiger partial charge on any atom is -0.497 e. The summed E-state index contributed by atoms with van der Waals surface area (Å²) >= 11 is 0. The van der Waals surface area contributed by atoms with Crippen molar-refractivity contribution >= 4 is 17.8 Å². The van der Waals surface area contributed by atoms with E-state index in [0.29, 0.717) is 22.8 Å². The van der Waals surface area contributed by atoms with Crippen LogP contribution in [0.3, 0.4) is 0 Å². The number of methoxy groups -OCH3 is 1. The smallest absolute Gasteiger partial charge is 0.324 e. The van der Waals surface area contributed by atoms with E-state index in [1.54, 1.807) is 31.4 Å². The maximum Gasteiger partial charge on any atom is 0.324 e.